The Bertz CT molecular complexity index is 903. The summed E-state index contributed by atoms with van der Waals surface area (Å²) in [5.74, 6) is 3.57. The van der Waals surface area contributed by atoms with E-state index in [2.05, 4.69) is 96.5 Å². The van der Waals surface area contributed by atoms with Gasteiger partial charge >= 0.3 is 6.09 Å². The largest absolute Gasteiger partial charge is 0.444 e. The van der Waals surface area contributed by atoms with Crippen molar-refractivity contribution < 1.29 is 9.53 Å². The van der Waals surface area contributed by atoms with Crippen LogP contribution in [0, 0.1) is 31.2 Å². The van der Waals surface area contributed by atoms with E-state index in [9.17, 15) is 4.79 Å². The molecule has 2 atom stereocenters. The summed E-state index contributed by atoms with van der Waals surface area (Å²) in [5.41, 5.74) is 9.74. The monoisotopic (exact) mass is 453 g/mol. The van der Waals surface area contributed by atoms with Crippen LogP contribution in [0.15, 0.2) is 18.2 Å². The average Bonchev–Trinajstić information content (AvgIpc) is 2.62. The topological polar surface area (TPSA) is 38.3 Å². The summed E-state index contributed by atoms with van der Waals surface area (Å²) in [6, 6.07) is 4.17. The van der Waals surface area contributed by atoms with Crippen LogP contribution in [0.2, 0.25) is 16.6 Å². The summed E-state index contributed by atoms with van der Waals surface area (Å²) in [5, 5.41) is 3.15. The average molecular weight is 454 g/mol. The Hall–Kier alpha value is -1.99. The van der Waals surface area contributed by atoms with Crippen LogP contribution in [0.4, 0.5) is 4.79 Å². The third-order valence-corrected chi connectivity index (χ3v) is 13.2. The van der Waals surface area contributed by atoms with Gasteiger partial charge in [0.2, 0.25) is 0 Å². The molecule has 1 aromatic carbocycles. The molecule has 1 aliphatic carbocycles. The highest BCUT2D eigenvalue weighted by Crippen LogP contribution is 2.41. The number of ether oxygens (including phenoxy) is 1. The third-order valence-electron chi connectivity index (χ3n) is 6.87. The van der Waals surface area contributed by atoms with Gasteiger partial charge < -0.3 is 10.1 Å². The maximum Gasteiger partial charge on any atom is 0.408 e. The molecule has 0 aliphatic heterocycles. The second-order valence-corrected chi connectivity index (χ2v) is 16.8. The standard InChI is InChI=1S/C28H43NO2Si/c1-18(2)32(19(3)4,20(5)6)15-14-23-12-13-24-16-21(7)22(8)17-25(24)26(23)29-27(30)31-28(9,10)11/h12-13,16-20,23,26H,1-11H3,(H,29,30)/t23-,26+/m0/s1. The molecule has 0 saturated heterocycles. The Labute approximate surface area is 197 Å². The summed E-state index contributed by atoms with van der Waals surface area (Å²) in [6.07, 6.45) is 3.93. The molecule has 0 unspecified atom stereocenters. The maximum absolute atomic E-state index is 12.8. The van der Waals surface area contributed by atoms with Gasteiger partial charge in [-0.2, -0.15) is 0 Å². The normalized spacial score (nSPS) is 18.4. The van der Waals surface area contributed by atoms with E-state index < -0.39 is 19.8 Å². The molecule has 0 spiro atoms. The Morgan fingerprint density at radius 3 is 2.03 bits per heavy atom. The lowest BCUT2D eigenvalue weighted by Crippen LogP contribution is -2.43. The lowest BCUT2D eigenvalue weighted by atomic mass is 9.83. The van der Waals surface area contributed by atoms with Gasteiger partial charge in [0.25, 0.3) is 0 Å². The number of hydrogen-bond donors (Lipinski definition) is 1. The van der Waals surface area contributed by atoms with E-state index in [0.717, 1.165) is 11.1 Å². The Kier molecular flexibility index (Phi) is 8.10. The van der Waals surface area contributed by atoms with Gasteiger partial charge in [-0.15, -0.1) is 11.5 Å². The molecule has 0 saturated carbocycles. The van der Waals surface area contributed by atoms with Crippen LogP contribution in [0.25, 0.3) is 6.08 Å². The van der Waals surface area contributed by atoms with Crippen LogP contribution in [0.3, 0.4) is 0 Å². The van der Waals surface area contributed by atoms with Gasteiger partial charge in [-0.25, -0.2) is 4.79 Å². The fraction of sp³-hybridized carbons (Fsp3) is 0.607. The first-order valence-electron chi connectivity index (χ1n) is 12.0. The molecule has 1 aromatic rings. The molecule has 1 amide bonds. The Morgan fingerprint density at radius 2 is 1.53 bits per heavy atom. The SMILES string of the molecule is Cc1cc2c(cc1C)[C@H](NC(=O)OC(C)(C)C)[C@H](C#C[Si](C(C)C)(C(C)C)C(C)C)C=C2. The number of nitrogens with one attached hydrogen (secondary N) is 1. The van der Waals surface area contributed by atoms with Crippen molar-refractivity contribution in [1.82, 2.24) is 5.32 Å². The van der Waals surface area contributed by atoms with Gasteiger partial charge in [-0.1, -0.05) is 65.8 Å². The van der Waals surface area contributed by atoms with E-state index in [1.165, 1.54) is 11.1 Å². The summed E-state index contributed by atoms with van der Waals surface area (Å²) in [7, 11) is -1.87. The number of carbonyl (C=O) groups excluding carboxylic acids is 1. The van der Waals surface area contributed by atoms with Crippen LogP contribution >= 0.6 is 0 Å². The minimum atomic E-state index is -1.87. The number of carbonyl (C=O) groups is 1. The number of hydrogen-bond acceptors (Lipinski definition) is 2. The van der Waals surface area contributed by atoms with Crippen molar-refractivity contribution in [1.29, 1.82) is 0 Å². The minimum Gasteiger partial charge on any atom is -0.444 e. The zero-order valence-electron chi connectivity index (χ0n) is 22.0. The fourth-order valence-electron chi connectivity index (χ4n) is 5.16. The maximum atomic E-state index is 12.8. The zero-order valence-corrected chi connectivity index (χ0v) is 23.0. The summed E-state index contributed by atoms with van der Waals surface area (Å²) in [4.78, 5) is 12.8. The van der Waals surface area contributed by atoms with Gasteiger partial charge in [0.1, 0.15) is 13.7 Å². The molecule has 0 aromatic heterocycles. The Morgan fingerprint density at radius 1 is 1.00 bits per heavy atom. The molecule has 0 heterocycles. The predicted octanol–water partition coefficient (Wildman–Crippen LogP) is 7.73. The van der Waals surface area contributed by atoms with E-state index in [1.54, 1.807) is 0 Å². The molecule has 1 aliphatic rings. The first-order chi connectivity index (χ1) is 14.7. The fourth-order valence-corrected chi connectivity index (χ4v) is 10.4. The van der Waals surface area contributed by atoms with Crippen LogP contribution in [0.1, 0.15) is 90.6 Å². The number of aryl methyl sites for hydroxylation is 2. The van der Waals surface area contributed by atoms with Crippen molar-refractivity contribution in [3.8, 4) is 11.5 Å². The van der Waals surface area contributed by atoms with Crippen molar-refractivity contribution >= 4 is 20.2 Å². The van der Waals surface area contributed by atoms with Crippen molar-refractivity contribution in [3.05, 3.63) is 40.5 Å². The molecule has 0 fully saturated rings. The van der Waals surface area contributed by atoms with Gasteiger partial charge in [0.15, 0.2) is 0 Å². The first kappa shape index (κ1) is 26.3. The highest BCUT2D eigenvalue weighted by Gasteiger charge is 2.42. The molecular formula is C28H43NO2Si. The smallest absolute Gasteiger partial charge is 0.408 e. The van der Waals surface area contributed by atoms with Gasteiger partial charge in [0.05, 0.1) is 12.0 Å². The zero-order chi connectivity index (χ0) is 24.4. The van der Waals surface area contributed by atoms with E-state index in [4.69, 9.17) is 4.74 Å². The molecule has 32 heavy (non-hydrogen) atoms. The van der Waals surface area contributed by atoms with Gasteiger partial charge in [-0.05, 0) is 73.5 Å². The molecule has 2 rings (SSSR count). The molecule has 3 nitrogen and oxygen atoms in total. The predicted molar refractivity (Wildman–Crippen MR) is 139 cm³/mol. The van der Waals surface area contributed by atoms with Crippen molar-refractivity contribution in [2.75, 3.05) is 0 Å². The van der Waals surface area contributed by atoms with E-state index in [-0.39, 0.29) is 12.0 Å². The minimum absolute atomic E-state index is 0.0831. The number of fused-ring (bicyclic) bond motifs is 1. The first-order valence-corrected chi connectivity index (χ1v) is 14.2. The van der Waals surface area contributed by atoms with Crippen molar-refractivity contribution in [3.63, 3.8) is 0 Å². The number of benzene rings is 1. The van der Waals surface area contributed by atoms with Crippen LogP contribution in [-0.2, 0) is 4.74 Å². The van der Waals surface area contributed by atoms with Crippen molar-refractivity contribution in [2.24, 2.45) is 5.92 Å². The lowest BCUT2D eigenvalue weighted by Gasteiger charge is -2.38. The second-order valence-electron chi connectivity index (χ2n) is 11.2. The van der Waals surface area contributed by atoms with Crippen LogP contribution < -0.4 is 5.32 Å². The van der Waals surface area contributed by atoms with Gasteiger partial charge in [-0.3, -0.25) is 0 Å². The lowest BCUT2D eigenvalue weighted by molar-refractivity contribution is 0.0497. The third kappa shape index (κ3) is 5.67. The summed E-state index contributed by atoms with van der Waals surface area (Å²) >= 11 is 0. The van der Waals surface area contributed by atoms with E-state index >= 15 is 0 Å². The van der Waals surface area contributed by atoms with Crippen molar-refractivity contribution in [2.45, 2.75) is 104 Å². The summed E-state index contributed by atoms with van der Waals surface area (Å²) < 4.78 is 5.60. The molecule has 1 N–H and O–H groups in total. The Balaban J connectivity index is 2.55. The highest BCUT2D eigenvalue weighted by atomic mass is 28.3. The highest BCUT2D eigenvalue weighted by molar-refractivity contribution is 6.90. The number of amides is 1. The summed E-state index contributed by atoms with van der Waals surface area (Å²) in [6.45, 7) is 23.9. The number of rotatable bonds is 4. The number of alkyl carbamates (subject to hydrolysis) is 1. The molecule has 4 heteroatoms. The van der Waals surface area contributed by atoms with E-state index in [1.807, 2.05) is 20.8 Å². The second kappa shape index (κ2) is 9.87. The molecule has 176 valence electrons. The molecule has 0 bridgehead atoms. The van der Waals surface area contributed by atoms with E-state index in [0.29, 0.717) is 16.6 Å². The van der Waals surface area contributed by atoms with Crippen LogP contribution in [0.5, 0.6) is 0 Å². The molecular weight excluding hydrogens is 410 g/mol. The van der Waals surface area contributed by atoms with Crippen LogP contribution in [-0.4, -0.2) is 19.8 Å². The molecule has 0 radical (unpaired) electrons. The van der Waals surface area contributed by atoms with Gasteiger partial charge in [0, 0.05) is 0 Å². The quantitative estimate of drug-likeness (QED) is 0.374.